The van der Waals surface area contributed by atoms with Crippen molar-refractivity contribution in [3.05, 3.63) is 60.3 Å². The number of carbonyl (C=O) groups is 2. The molecule has 0 fully saturated rings. The van der Waals surface area contributed by atoms with E-state index in [9.17, 15) is 9.59 Å². The predicted octanol–water partition coefficient (Wildman–Crippen LogP) is 6.67. The van der Waals surface area contributed by atoms with Crippen molar-refractivity contribution in [2.24, 2.45) is 0 Å². The van der Waals surface area contributed by atoms with E-state index in [1.54, 1.807) is 52.3 Å². The van der Waals surface area contributed by atoms with Gasteiger partial charge in [0.05, 0.1) is 24.0 Å². The third-order valence-corrected chi connectivity index (χ3v) is 5.17. The SMILES string of the molecule is C=CCC(OC)c1ccc2c(c1)N(C(=O)OC(C)(C)C)Cc1cccnc1N2C(=O)OC(C)(C)C. The van der Waals surface area contributed by atoms with Gasteiger partial charge >= 0.3 is 12.2 Å². The third-order valence-electron chi connectivity index (χ3n) is 5.17. The summed E-state index contributed by atoms with van der Waals surface area (Å²) < 4.78 is 17.1. The topological polar surface area (TPSA) is 81.2 Å². The summed E-state index contributed by atoms with van der Waals surface area (Å²) in [6.07, 6.45) is 2.58. The molecule has 0 N–H and O–H groups in total. The van der Waals surface area contributed by atoms with E-state index < -0.39 is 23.4 Å². The Morgan fingerprint density at radius 2 is 1.71 bits per heavy atom. The Hall–Kier alpha value is -3.39. The molecule has 0 bridgehead atoms. The number of nitrogens with zero attached hydrogens (tertiary/aromatic N) is 3. The van der Waals surface area contributed by atoms with Crippen LogP contribution >= 0.6 is 0 Å². The molecule has 0 saturated carbocycles. The lowest BCUT2D eigenvalue weighted by Crippen LogP contribution is -2.37. The van der Waals surface area contributed by atoms with Gasteiger partial charge in [-0.25, -0.2) is 19.5 Å². The van der Waals surface area contributed by atoms with E-state index in [1.807, 2.05) is 39.0 Å². The number of benzene rings is 1. The van der Waals surface area contributed by atoms with E-state index in [0.717, 1.165) is 5.56 Å². The van der Waals surface area contributed by atoms with Crippen molar-refractivity contribution in [1.29, 1.82) is 0 Å². The van der Waals surface area contributed by atoms with E-state index >= 15 is 0 Å². The molecule has 8 nitrogen and oxygen atoms in total. The lowest BCUT2D eigenvalue weighted by molar-refractivity contribution is 0.0570. The van der Waals surface area contributed by atoms with Crippen molar-refractivity contribution in [2.75, 3.05) is 16.9 Å². The van der Waals surface area contributed by atoms with Crippen LogP contribution in [0.4, 0.5) is 26.8 Å². The highest BCUT2D eigenvalue weighted by Crippen LogP contribution is 2.43. The van der Waals surface area contributed by atoms with Gasteiger partial charge in [-0.3, -0.25) is 4.90 Å². The van der Waals surface area contributed by atoms with Crippen molar-refractivity contribution in [1.82, 2.24) is 4.98 Å². The van der Waals surface area contributed by atoms with Crippen LogP contribution in [0.25, 0.3) is 0 Å². The van der Waals surface area contributed by atoms with Gasteiger partial charge in [-0.15, -0.1) is 6.58 Å². The minimum absolute atomic E-state index is 0.160. The van der Waals surface area contributed by atoms with Crippen molar-refractivity contribution >= 4 is 29.4 Å². The fraction of sp³-hybridized carbons (Fsp3) is 0.444. The van der Waals surface area contributed by atoms with E-state index in [4.69, 9.17) is 14.2 Å². The number of methoxy groups -OCH3 is 1. The quantitative estimate of drug-likeness (QED) is 0.454. The zero-order valence-electron chi connectivity index (χ0n) is 21.6. The molecular formula is C27H35N3O5. The Morgan fingerprint density at radius 3 is 2.31 bits per heavy atom. The zero-order valence-corrected chi connectivity index (χ0v) is 21.6. The number of pyridine rings is 1. The van der Waals surface area contributed by atoms with Gasteiger partial charge in [-0.05, 0) is 71.7 Å². The minimum atomic E-state index is -0.728. The fourth-order valence-electron chi connectivity index (χ4n) is 3.76. The summed E-state index contributed by atoms with van der Waals surface area (Å²) in [7, 11) is 1.62. The van der Waals surface area contributed by atoms with Crippen molar-refractivity contribution < 1.29 is 23.8 Å². The molecule has 1 atom stereocenters. The van der Waals surface area contributed by atoms with E-state index in [0.29, 0.717) is 29.2 Å². The van der Waals surface area contributed by atoms with Gasteiger partial charge in [0.25, 0.3) is 0 Å². The summed E-state index contributed by atoms with van der Waals surface area (Å²) in [6, 6.07) is 9.10. The first-order chi connectivity index (χ1) is 16.3. The average molecular weight is 482 g/mol. The van der Waals surface area contributed by atoms with Crippen molar-refractivity contribution in [3.63, 3.8) is 0 Å². The molecule has 1 aliphatic heterocycles. The normalized spacial score (nSPS) is 14.4. The predicted molar refractivity (Wildman–Crippen MR) is 136 cm³/mol. The van der Waals surface area contributed by atoms with Crippen LogP contribution in [0, 0.1) is 0 Å². The van der Waals surface area contributed by atoms with Gasteiger partial charge in [0.15, 0.2) is 0 Å². The zero-order chi connectivity index (χ0) is 26.0. The third kappa shape index (κ3) is 6.19. The summed E-state index contributed by atoms with van der Waals surface area (Å²) in [5, 5.41) is 0. The summed E-state index contributed by atoms with van der Waals surface area (Å²) in [5.74, 6) is 0.399. The second-order valence-electron chi connectivity index (χ2n) is 10.4. The highest BCUT2D eigenvalue weighted by Gasteiger charge is 2.36. The molecule has 8 heteroatoms. The van der Waals surface area contributed by atoms with Gasteiger partial charge in [-0.2, -0.15) is 0 Å². The number of rotatable bonds is 4. The number of hydrogen-bond donors (Lipinski definition) is 0. The first-order valence-corrected chi connectivity index (χ1v) is 11.6. The fourth-order valence-corrected chi connectivity index (χ4v) is 3.76. The molecule has 1 aromatic heterocycles. The number of anilines is 3. The van der Waals surface area contributed by atoms with Crippen LogP contribution in [0.2, 0.25) is 0 Å². The van der Waals surface area contributed by atoms with Gasteiger partial charge in [0.2, 0.25) is 0 Å². The molecule has 2 heterocycles. The van der Waals surface area contributed by atoms with Crippen LogP contribution in [0.1, 0.15) is 65.2 Å². The Bertz CT molecular complexity index is 1100. The number of fused-ring (bicyclic) bond motifs is 2. The Kier molecular flexibility index (Phi) is 7.55. The van der Waals surface area contributed by atoms with Crippen LogP contribution in [-0.4, -0.2) is 35.5 Å². The molecule has 35 heavy (non-hydrogen) atoms. The molecule has 0 aliphatic carbocycles. The minimum Gasteiger partial charge on any atom is -0.443 e. The van der Waals surface area contributed by atoms with Crippen LogP contribution < -0.4 is 9.80 Å². The van der Waals surface area contributed by atoms with Gasteiger partial charge in [-0.1, -0.05) is 18.2 Å². The van der Waals surface area contributed by atoms with Crippen LogP contribution in [0.3, 0.4) is 0 Å². The molecule has 0 spiro atoms. The number of aromatic nitrogens is 1. The summed E-state index contributed by atoms with van der Waals surface area (Å²) in [5.41, 5.74) is 1.03. The Balaban J connectivity index is 2.25. The van der Waals surface area contributed by atoms with Gasteiger partial charge < -0.3 is 14.2 Å². The monoisotopic (exact) mass is 481 g/mol. The van der Waals surface area contributed by atoms with Gasteiger partial charge in [0, 0.05) is 18.9 Å². The molecule has 188 valence electrons. The second-order valence-corrected chi connectivity index (χ2v) is 10.4. The largest absolute Gasteiger partial charge is 0.443 e. The molecule has 0 radical (unpaired) electrons. The number of carbonyl (C=O) groups excluding carboxylic acids is 2. The van der Waals surface area contributed by atoms with Crippen molar-refractivity contribution in [3.8, 4) is 0 Å². The first kappa shape index (κ1) is 26.2. The number of amides is 2. The first-order valence-electron chi connectivity index (χ1n) is 11.6. The number of ether oxygens (including phenoxy) is 3. The highest BCUT2D eigenvalue weighted by molar-refractivity contribution is 6.04. The lowest BCUT2D eigenvalue weighted by Gasteiger charge is -2.30. The molecule has 1 aromatic carbocycles. The summed E-state index contributed by atoms with van der Waals surface area (Å²) >= 11 is 0. The van der Waals surface area contributed by atoms with Crippen LogP contribution in [0.5, 0.6) is 0 Å². The van der Waals surface area contributed by atoms with Crippen LogP contribution in [-0.2, 0) is 20.8 Å². The highest BCUT2D eigenvalue weighted by atomic mass is 16.6. The van der Waals surface area contributed by atoms with E-state index in [-0.39, 0.29) is 12.6 Å². The second kappa shape index (κ2) is 10.1. The molecule has 3 rings (SSSR count). The van der Waals surface area contributed by atoms with E-state index in [2.05, 4.69) is 11.6 Å². The number of hydrogen-bond acceptors (Lipinski definition) is 6. The van der Waals surface area contributed by atoms with E-state index in [1.165, 1.54) is 9.80 Å². The molecule has 2 amide bonds. The molecule has 0 saturated heterocycles. The lowest BCUT2D eigenvalue weighted by atomic mass is 10.0. The molecular weight excluding hydrogens is 446 g/mol. The molecule has 2 aromatic rings. The maximum Gasteiger partial charge on any atom is 0.420 e. The van der Waals surface area contributed by atoms with Crippen molar-refractivity contribution in [2.45, 2.75) is 71.8 Å². The Morgan fingerprint density at radius 1 is 1.06 bits per heavy atom. The average Bonchev–Trinajstić information content (AvgIpc) is 2.89. The standard InChI is InChI=1S/C27H35N3O5/c1-9-11-22(33-8)18-13-14-20-21(16-18)29(24(31)34-26(2,3)4)17-19-12-10-15-28-23(19)30(20)25(32)35-27(5,6)7/h9-10,12-16,22H,1,11,17H2,2-8H3. The molecule has 1 aliphatic rings. The maximum atomic E-state index is 13.5. The smallest absolute Gasteiger partial charge is 0.420 e. The van der Waals surface area contributed by atoms with Crippen LogP contribution in [0.15, 0.2) is 49.2 Å². The summed E-state index contributed by atoms with van der Waals surface area (Å²) in [4.78, 5) is 34.3. The molecule has 1 unspecified atom stereocenters. The Labute approximate surface area is 207 Å². The summed E-state index contributed by atoms with van der Waals surface area (Å²) in [6.45, 7) is 14.8. The maximum absolute atomic E-state index is 13.5. The van der Waals surface area contributed by atoms with Gasteiger partial charge in [0.1, 0.15) is 17.0 Å².